The molecule has 0 unspecified atom stereocenters. The van der Waals surface area contributed by atoms with Gasteiger partial charge in [-0.15, -0.1) is 5.10 Å². The van der Waals surface area contributed by atoms with E-state index in [1.54, 1.807) is 22.6 Å². The minimum atomic E-state index is -3.88. The van der Waals surface area contributed by atoms with E-state index in [2.05, 4.69) is 10.3 Å². The van der Waals surface area contributed by atoms with Gasteiger partial charge in [0.25, 0.3) is 5.91 Å². The molecule has 0 bridgehead atoms. The Labute approximate surface area is 196 Å². The maximum Gasteiger partial charge on any atom is 0.276 e. The van der Waals surface area contributed by atoms with Crippen molar-refractivity contribution in [3.05, 3.63) is 69.5 Å². The fourth-order valence-corrected chi connectivity index (χ4v) is 6.11. The van der Waals surface area contributed by atoms with Crippen LogP contribution in [0.2, 0.25) is 10.0 Å². The van der Waals surface area contributed by atoms with Crippen LogP contribution in [0.5, 0.6) is 0 Å². The van der Waals surface area contributed by atoms with Gasteiger partial charge >= 0.3 is 0 Å². The number of sulfonamides is 1. The molecule has 4 rings (SSSR count). The molecule has 0 radical (unpaired) electrons. The topological polar surface area (TPSA) is 88.4 Å². The van der Waals surface area contributed by atoms with Crippen LogP contribution in [-0.2, 0) is 10.0 Å². The van der Waals surface area contributed by atoms with Gasteiger partial charge in [-0.1, -0.05) is 52.2 Å². The lowest BCUT2D eigenvalue weighted by atomic mass is 10.2. The minimum Gasteiger partial charge on any atom is -0.335 e. The lowest BCUT2D eigenvalue weighted by molar-refractivity contribution is 0.0691. The van der Waals surface area contributed by atoms with E-state index in [-0.39, 0.29) is 52.7 Å². The van der Waals surface area contributed by atoms with E-state index in [0.717, 1.165) is 11.3 Å². The fourth-order valence-electron chi connectivity index (χ4n) is 3.60. The molecule has 0 N–H and O–H groups in total. The van der Waals surface area contributed by atoms with Crippen LogP contribution >= 0.6 is 23.2 Å². The number of carbonyl (C=O) groups is 1. The molecule has 3 aromatic rings. The highest BCUT2D eigenvalue weighted by molar-refractivity contribution is 7.89. The van der Waals surface area contributed by atoms with Gasteiger partial charge in [0.05, 0.1) is 21.4 Å². The molecule has 0 saturated carbocycles. The molecule has 1 fully saturated rings. The Morgan fingerprint density at radius 1 is 0.938 bits per heavy atom. The summed E-state index contributed by atoms with van der Waals surface area (Å²) in [7, 11) is -3.88. The van der Waals surface area contributed by atoms with Crippen molar-refractivity contribution < 1.29 is 13.2 Å². The van der Waals surface area contributed by atoms with Crippen molar-refractivity contribution in [1.29, 1.82) is 0 Å². The van der Waals surface area contributed by atoms with Gasteiger partial charge in [0, 0.05) is 26.2 Å². The maximum atomic E-state index is 13.1. The Balaban J connectivity index is 1.49. The first-order valence-corrected chi connectivity index (χ1v) is 12.1. The first kappa shape index (κ1) is 22.7. The number of hydrogen-bond acceptors (Lipinski definition) is 5. The zero-order valence-corrected chi connectivity index (χ0v) is 19.8. The first-order chi connectivity index (χ1) is 15.2. The van der Waals surface area contributed by atoms with Crippen molar-refractivity contribution in [2.24, 2.45) is 0 Å². The molecule has 2 heterocycles. The molecule has 0 spiro atoms. The van der Waals surface area contributed by atoms with Crippen molar-refractivity contribution in [2.45, 2.75) is 18.7 Å². The Kier molecular flexibility index (Phi) is 6.26. The van der Waals surface area contributed by atoms with Crippen LogP contribution in [0.1, 0.15) is 21.7 Å². The second-order valence-electron chi connectivity index (χ2n) is 7.52. The zero-order valence-electron chi connectivity index (χ0n) is 17.5. The molecule has 32 heavy (non-hydrogen) atoms. The first-order valence-electron chi connectivity index (χ1n) is 9.93. The van der Waals surface area contributed by atoms with Crippen molar-refractivity contribution in [3.8, 4) is 5.69 Å². The number of amides is 1. The number of hydrogen-bond donors (Lipinski definition) is 0. The third-order valence-electron chi connectivity index (χ3n) is 5.42. The van der Waals surface area contributed by atoms with Gasteiger partial charge in [0.15, 0.2) is 5.69 Å². The van der Waals surface area contributed by atoms with E-state index in [4.69, 9.17) is 23.2 Å². The lowest BCUT2D eigenvalue weighted by Gasteiger charge is -2.34. The van der Waals surface area contributed by atoms with Crippen molar-refractivity contribution in [3.63, 3.8) is 0 Å². The van der Waals surface area contributed by atoms with E-state index in [1.807, 2.05) is 31.2 Å². The molecule has 1 aliphatic heterocycles. The normalized spacial score (nSPS) is 15.2. The number of nitrogens with zero attached hydrogens (tertiary/aromatic N) is 5. The molecule has 1 saturated heterocycles. The van der Waals surface area contributed by atoms with Crippen LogP contribution in [0.4, 0.5) is 0 Å². The van der Waals surface area contributed by atoms with E-state index in [0.29, 0.717) is 5.69 Å². The molecule has 1 aromatic heterocycles. The molecule has 11 heteroatoms. The molecule has 2 aromatic carbocycles. The van der Waals surface area contributed by atoms with Gasteiger partial charge in [-0.05, 0) is 38.1 Å². The van der Waals surface area contributed by atoms with E-state index in [1.165, 1.54) is 16.4 Å². The summed E-state index contributed by atoms with van der Waals surface area (Å²) < 4.78 is 29.0. The standard InChI is InChI=1S/C21H21Cl2N5O3S/c1-14-6-8-16(9-7-14)28-15(2)19(24-25-28)21(29)26-10-12-27(13-11-26)32(30,31)20-17(22)4-3-5-18(20)23/h3-9H,10-13H2,1-2H3. The maximum absolute atomic E-state index is 13.1. The summed E-state index contributed by atoms with van der Waals surface area (Å²) in [5, 5.41) is 8.35. The molecular weight excluding hydrogens is 473 g/mol. The number of aromatic nitrogens is 3. The number of aryl methyl sites for hydroxylation is 1. The second kappa shape index (κ2) is 8.82. The summed E-state index contributed by atoms with van der Waals surface area (Å²) in [5.74, 6) is -0.284. The molecule has 1 amide bonds. The molecule has 1 aliphatic rings. The predicted molar refractivity (Wildman–Crippen MR) is 122 cm³/mol. The predicted octanol–water partition coefficient (Wildman–Crippen LogP) is 3.34. The van der Waals surface area contributed by atoms with E-state index >= 15 is 0 Å². The van der Waals surface area contributed by atoms with Crippen molar-refractivity contribution in [2.75, 3.05) is 26.2 Å². The SMILES string of the molecule is Cc1ccc(-n2nnc(C(=O)N3CCN(S(=O)(=O)c4c(Cl)cccc4Cl)CC3)c2C)cc1. The Bertz CT molecular complexity index is 1250. The van der Waals surface area contributed by atoms with Gasteiger partial charge < -0.3 is 4.90 Å². The van der Waals surface area contributed by atoms with Crippen LogP contribution in [-0.4, -0.2) is 64.7 Å². The highest BCUT2D eigenvalue weighted by Gasteiger charge is 2.34. The largest absolute Gasteiger partial charge is 0.335 e. The highest BCUT2D eigenvalue weighted by atomic mass is 35.5. The van der Waals surface area contributed by atoms with Gasteiger partial charge in [0.2, 0.25) is 10.0 Å². The minimum absolute atomic E-state index is 0.0688. The number of benzene rings is 2. The van der Waals surface area contributed by atoms with Gasteiger partial charge in [0.1, 0.15) is 4.90 Å². The summed E-state index contributed by atoms with van der Waals surface area (Å²) in [6, 6.07) is 12.3. The fraction of sp³-hybridized carbons (Fsp3) is 0.286. The van der Waals surface area contributed by atoms with Crippen LogP contribution in [0.3, 0.4) is 0 Å². The Hall–Kier alpha value is -2.46. The molecule has 0 atom stereocenters. The van der Waals surface area contributed by atoms with E-state index < -0.39 is 10.0 Å². The third-order valence-corrected chi connectivity index (χ3v) is 8.27. The summed E-state index contributed by atoms with van der Waals surface area (Å²) in [6.07, 6.45) is 0. The smallest absolute Gasteiger partial charge is 0.276 e. The van der Waals surface area contributed by atoms with Gasteiger partial charge in [-0.3, -0.25) is 4.79 Å². The lowest BCUT2D eigenvalue weighted by Crippen LogP contribution is -2.50. The second-order valence-corrected chi connectivity index (χ2v) is 10.2. The van der Waals surface area contributed by atoms with Gasteiger partial charge in [-0.2, -0.15) is 4.31 Å². The van der Waals surface area contributed by atoms with Crippen LogP contribution in [0, 0.1) is 13.8 Å². The summed E-state index contributed by atoms with van der Waals surface area (Å²) >= 11 is 12.2. The summed E-state index contributed by atoms with van der Waals surface area (Å²) in [5.41, 5.74) is 2.80. The van der Waals surface area contributed by atoms with Gasteiger partial charge in [-0.25, -0.2) is 13.1 Å². The number of rotatable bonds is 4. The monoisotopic (exact) mass is 493 g/mol. The Morgan fingerprint density at radius 3 is 2.12 bits per heavy atom. The highest BCUT2D eigenvalue weighted by Crippen LogP contribution is 2.32. The van der Waals surface area contributed by atoms with Crippen LogP contribution in [0.25, 0.3) is 5.69 Å². The number of piperazine rings is 1. The number of carbonyl (C=O) groups excluding carboxylic acids is 1. The average Bonchev–Trinajstić information content (AvgIpc) is 3.15. The molecule has 0 aliphatic carbocycles. The van der Waals surface area contributed by atoms with Crippen molar-refractivity contribution >= 4 is 39.1 Å². The zero-order chi connectivity index (χ0) is 23.0. The average molecular weight is 494 g/mol. The number of halogens is 2. The van der Waals surface area contributed by atoms with Crippen molar-refractivity contribution in [1.82, 2.24) is 24.2 Å². The molecule has 8 nitrogen and oxygen atoms in total. The molecular formula is C21H21Cl2N5O3S. The quantitative estimate of drug-likeness (QED) is 0.555. The molecule has 168 valence electrons. The third kappa shape index (κ3) is 4.13. The van der Waals surface area contributed by atoms with E-state index in [9.17, 15) is 13.2 Å². The summed E-state index contributed by atoms with van der Waals surface area (Å²) in [6.45, 7) is 4.47. The van der Waals surface area contributed by atoms with Crippen LogP contribution in [0.15, 0.2) is 47.4 Å². The Morgan fingerprint density at radius 2 is 1.53 bits per heavy atom. The summed E-state index contributed by atoms with van der Waals surface area (Å²) in [4.78, 5) is 14.5. The van der Waals surface area contributed by atoms with Crippen LogP contribution < -0.4 is 0 Å².